The zero-order valence-corrected chi connectivity index (χ0v) is 19.2. The number of terminal acetylenes is 1. The zero-order chi connectivity index (χ0) is 21.4. The summed E-state index contributed by atoms with van der Waals surface area (Å²) in [4.78, 5) is 10.9. The van der Waals surface area contributed by atoms with Crippen LogP contribution in [0.2, 0.25) is 0 Å². The van der Waals surface area contributed by atoms with E-state index in [1.165, 1.54) is 22.6 Å². The van der Waals surface area contributed by atoms with E-state index in [4.69, 9.17) is 11.4 Å². The highest BCUT2D eigenvalue weighted by atomic mass is 32.1. The van der Waals surface area contributed by atoms with Crippen LogP contribution in [0.1, 0.15) is 62.9 Å². The summed E-state index contributed by atoms with van der Waals surface area (Å²) in [6.45, 7) is 4.77. The highest BCUT2D eigenvalue weighted by Gasteiger charge is 2.63. The quantitative estimate of drug-likeness (QED) is 0.586. The topological polar surface area (TPSA) is 46.0 Å². The molecule has 0 aromatic carbocycles. The Morgan fingerprint density at radius 3 is 2.77 bits per heavy atom. The Bertz CT molecular complexity index is 1110. The van der Waals surface area contributed by atoms with Crippen molar-refractivity contribution in [3.05, 3.63) is 41.0 Å². The molecule has 0 aliphatic heterocycles. The average Bonchev–Trinajstić information content (AvgIpc) is 3.33. The number of fused-ring (bicyclic) bond motifs is 7. The van der Waals surface area contributed by atoms with E-state index in [2.05, 4.69) is 36.9 Å². The summed E-state index contributed by atoms with van der Waals surface area (Å²) < 4.78 is 0. The van der Waals surface area contributed by atoms with Crippen LogP contribution in [0, 0.1) is 40.9 Å². The monoisotopic (exact) mass is 430 g/mol. The van der Waals surface area contributed by atoms with E-state index >= 15 is 0 Å². The Hall–Kier alpha value is -1.96. The molecule has 2 aromatic rings. The number of pyridine rings is 1. The van der Waals surface area contributed by atoms with Crippen LogP contribution in [0.4, 0.5) is 0 Å². The van der Waals surface area contributed by atoms with Gasteiger partial charge >= 0.3 is 0 Å². The first-order chi connectivity index (χ1) is 14.9. The van der Waals surface area contributed by atoms with E-state index in [1.807, 2.05) is 29.7 Å². The summed E-state index contributed by atoms with van der Waals surface area (Å²) in [6.07, 6.45) is 17.6. The minimum Gasteiger partial charge on any atom is -0.377 e. The molecule has 6 rings (SSSR count). The molecule has 0 spiro atoms. The number of allylic oxidation sites excluding steroid dienone is 2. The Kier molecular flexibility index (Phi) is 4.15. The SMILES string of the molecule is C#C[C@]1(O)CC[C@H]2[C@@H]3CC=C4c5sc(-c6ccccn6)nc5CC[C@]4(C)[C@H]3CC[C@@]21C. The van der Waals surface area contributed by atoms with Crippen molar-refractivity contribution in [3.63, 3.8) is 0 Å². The van der Waals surface area contributed by atoms with Crippen molar-refractivity contribution >= 4 is 16.9 Å². The predicted octanol–water partition coefficient (Wildman–Crippen LogP) is 5.75. The van der Waals surface area contributed by atoms with Gasteiger partial charge in [0.15, 0.2) is 0 Å². The molecular weight excluding hydrogens is 400 g/mol. The molecule has 31 heavy (non-hydrogen) atoms. The van der Waals surface area contributed by atoms with Crippen LogP contribution in [0.25, 0.3) is 16.3 Å². The van der Waals surface area contributed by atoms with Gasteiger partial charge in [0, 0.05) is 11.6 Å². The van der Waals surface area contributed by atoms with E-state index in [-0.39, 0.29) is 10.8 Å². The minimum absolute atomic E-state index is 0.138. The van der Waals surface area contributed by atoms with E-state index in [0.717, 1.165) is 49.2 Å². The highest BCUT2D eigenvalue weighted by molar-refractivity contribution is 7.16. The highest BCUT2D eigenvalue weighted by Crippen LogP contribution is 2.68. The summed E-state index contributed by atoms with van der Waals surface area (Å²) in [6, 6.07) is 6.05. The Labute approximate surface area is 189 Å². The first-order valence-electron chi connectivity index (χ1n) is 11.7. The molecule has 6 atom stereocenters. The lowest BCUT2D eigenvalue weighted by Crippen LogP contribution is -2.53. The van der Waals surface area contributed by atoms with Gasteiger partial charge in [-0.25, -0.2) is 4.98 Å². The number of hydrogen-bond acceptors (Lipinski definition) is 4. The van der Waals surface area contributed by atoms with Crippen molar-refractivity contribution in [2.45, 2.75) is 64.4 Å². The van der Waals surface area contributed by atoms with Gasteiger partial charge in [-0.05, 0) is 85.8 Å². The van der Waals surface area contributed by atoms with Crippen LogP contribution in [-0.2, 0) is 6.42 Å². The Balaban J connectivity index is 1.39. The number of hydrogen-bond donors (Lipinski definition) is 1. The fourth-order valence-corrected chi connectivity index (χ4v) is 8.99. The Morgan fingerprint density at radius 1 is 1.16 bits per heavy atom. The summed E-state index contributed by atoms with van der Waals surface area (Å²) in [7, 11) is 0. The van der Waals surface area contributed by atoms with Crippen molar-refractivity contribution in [3.8, 4) is 23.0 Å². The van der Waals surface area contributed by atoms with Crippen molar-refractivity contribution in [2.24, 2.45) is 28.6 Å². The fraction of sp³-hybridized carbons (Fsp3) is 0.556. The molecule has 2 heterocycles. The van der Waals surface area contributed by atoms with Crippen LogP contribution >= 0.6 is 11.3 Å². The van der Waals surface area contributed by atoms with Crippen LogP contribution in [0.3, 0.4) is 0 Å². The van der Waals surface area contributed by atoms with E-state index in [1.54, 1.807) is 0 Å². The first kappa shape index (κ1) is 19.7. The number of aryl methyl sites for hydroxylation is 1. The van der Waals surface area contributed by atoms with Crippen molar-refractivity contribution < 1.29 is 5.11 Å². The van der Waals surface area contributed by atoms with Gasteiger partial charge in [0.1, 0.15) is 10.6 Å². The third-order valence-corrected chi connectivity index (χ3v) is 10.7. The zero-order valence-electron chi connectivity index (χ0n) is 18.4. The maximum Gasteiger partial charge on any atom is 0.142 e. The molecule has 2 saturated carbocycles. The van der Waals surface area contributed by atoms with E-state index < -0.39 is 5.60 Å². The van der Waals surface area contributed by atoms with Crippen molar-refractivity contribution in [2.75, 3.05) is 0 Å². The van der Waals surface area contributed by atoms with Gasteiger partial charge in [-0.1, -0.05) is 31.9 Å². The predicted molar refractivity (Wildman–Crippen MR) is 125 cm³/mol. The number of rotatable bonds is 1. The van der Waals surface area contributed by atoms with Gasteiger partial charge in [0.05, 0.1) is 16.3 Å². The molecule has 1 N–H and O–H groups in total. The molecular formula is C27H30N2OS. The second-order valence-electron chi connectivity index (χ2n) is 10.7. The number of aromatic nitrogens is 2. The second-order valence-corrected chi connectivity index (χ2v) is 11.7. The van der Waals surface area contributed by atoms with Gasteiger partial charge in [-0.2, -0.15) is 0 Å². The van der Waals surface area contributed by atoms with E-state index in [0.29, 0.717) is 17.8 Å². The molecule has 4 aliphatic rings. The van der Waals surface area contributed by atoms with Crippen LogP contribution < -0.4 is 0 Å². The van der Waals surface area contributed by atoms with Gasteiger partial charge in [-0.15, -0.1) is 17.8 Å². The Morgan fingerprint density at radius 2 is 2.00 bits per heavy atom. The molecule has 0 amide bonds. The molecule has 0 unspecified atom stereocenters. The summed E-state index contributed by atoms with van der Waals surface area (Å²) in [5.41, 5.74) is 2.90. The van der Waals surface area contributed by atoms with E-state index in [9.17, 15) is 5.11 Å². The van der Waals surface area contributed by atoms with Crippen LogP contribution in [0.15, 0.2) is 30.5 Å². The molecule has 4 aliphatic carbocycles. The first-order valence-corrected chi connectivity index (χ1v) is 12.5. The molecule has 2 fully saturated rings. The van der Waals surface area contributed by atoms with Crippen LogP contribution in [0.5, 0.6) is 0 Å². The maximum atomic E-state index is 11.2. The molecule has 4 heteroatoms. The molecule has 0 radical (unpaired) electrons. The lowest BCUT2D eigenvalue weighted by atomic mass is 9.47. The standard InChI is InChI=1S/C27H30N2OS/c1-4-27(30)15-11-19-17-8-9-20-23-21(29-24(31-23)22-7-5-6-16-28-22)12-13-25(20,2)18(17)10-14-26(19,27)3/h1,5-7,9,16-19,30H,8,10-15H2,2-3H3/t17-,18+,19+,25-,26+,27+/m1/s1. The largest absolute Gasteiger partial charge is 0.377 e. The third kappa shape index (κ3) is 2.51. The molecule has 160 valence electrons. The molecule has 0 bridgehead atoms. The summed E-state index contributed by atoms with van der Waals surface area (Å²) in [5.74, 6) is 4.61. The smallest absolute Gasteiger partial charge is 0.142 e. The number of thiazole rings is 1. The van der Waals surface area contributed by atoms with Gasteiger partial charge in [-0.3, -0.25) is 4.98 Å². The number of aliphatic hydroxyl groups is 1. The van der Waals surface area contributed by atoms with Crippen molar-refractivity contribution in [1.82, 2.24) is 9.97 Å². The van der Waals surface area contributed by atoms with Gasteiger partial charge < -0.3 is 5.11 Å². The lowest BCUT2D eigenvalue weighted by molar-refractivity contribution is -0.0886. The summed E-state index contributed by atoms with van der Waals surface area (Å²) >= 11 is 1.83. The fourth-order valence-electron chi connectivity index (χ4n) is 7.73. The van der Waals surface area contributed by atoms with Crippen molar-refractivity contribution in [1.29, 1.82) is 0 Å². The molecule has 3 nitrogen and oxygen atoms in total. The normalized spacial score (nSPS) is 40.7. The van der Waals surface area contributed by atoms with Crippen LogP contribution in [-0.4, -0.2) is 20.7 Å². The van der Waals surface area contributed by atoms with Gasteiger partial charge in [0.2, 0.25) is 0 Å². The molecule has 0 saturated heterocycles. The minimum atomic E-state index is -0.928. The summed E-state index contributed by atoms with van der Waals surface area (Å²) in [5, 5.41) is 12.3. The molecule has 2 aromatic heterocycles. The van der Waals surface area contributed by atoms with Gasteiger partial charge in [0.25, 0.3) is 0 Å². The maximum absolute atomic E-state index is 11.2. The number of nitrogens with zero attached hydrogens (tertiary/aromatic N) is 2. The lowest BCUT2D eigenvalue weighted by Gasteiger charge is -2.57. The average molecular weight is 431 g/mol. The third-order valence-electron chi connectivity index (χ3n) is 9.56. The second kappa shape index (κ2) is 6.53.